The summed E-state index contributed by atoms with van der Waals surface area (Å²) in [5.41, 5.74) is 0. The zero-order valence-corrected chi connectivity index (χ0v) is 12.4. The van der Waals surface area contributed by atoms with Crippen LogP contribution in [0, 0.1) is 0 Å². The van der Waals surface area contributed by atoms with Crippen LogP contribution in [-0.2, 0) is 0 Å². The standard InChI is InChI=1S/C15H21FSe/c1-3-5-12-15(14(16)9-4-2)17-13-10-7-6-8-11-13/h6-8,10-11H,3-5,9,12H2,1-2H3/b15-14+. The Morgan fingerprint density at radius 2 is 1.76 bits per heavy atom. The molecule has 0 aliphatic rings. The average Bonchev–Trinajstić information content (AvgIpc) is 2.36. The molecule has 0 fully saturated rings. The number of halogens is 1. The molecule has 1 rings (SSSR count). The van der Waals surface area contributed by atoms with E-state index in [-0.39, 0.29) is 20.8 Å². The summed E-state index contributed by atoms with van der Waals surface area (Å²) in [5.74, 6) is 0.143. The van der Waals surface area contributed by atoms with Gasteiger partial charge in [-0.15, -0.1) is 0 Å². The molecule has 0 aliphatic carbocycles. The van der Waals surface area contributed by atoms with Crippen molar-refractivity contribution < 1.29 is 4.39 Å². The fourth-order valence-electron chi connectivity index (χ4n) is 1.57. The van der Waals surface area contributed by atoms with Crippen molar-refractivity contribution >= 4 is 19.4 Å². The summed E-state index contributed by atoms with van der Waals surface area (Å²) in [4.78, 5) is 0. The van der Waals surface area contributed by atoms with Crippen LogP contribution in [0.1, 0.15) is 46.0 Å². The first kappa shape index (κ1) is 14.5. The fourth-order valence-corrected chi connectivity index (χ4v) is 3.74. The van der Waals surface area contributed by atoms with Crippen molar-refractivity contribution in [2.24, 2.45) is 0 Å². The van der Waals surface area contributed by atoms with E-state index in [1.54, 1.807) is 0 Å². The first-order valence-electron chi connectivity index (χ1n) is 6.38. The molecule has 17 heavy (non-hydrogen) atoms. The van der Waals surface area contributed by atoms with E-state index in [2.05, 4.69) is 19.1 Å². The first-order valence-corrected chi connectivity index (χ1v) is 8.09. The Hall–Kier alpha value is -0.591. The molecule has 0 spiro atoms. The van der Waals surface area contributed by atoms with Crippen molar-refractivity contribution in [2.75, 3.05) is 0 Å². The van der Waals surface area contributed by atoms with Gasteiger partial charge in [0.05, 0.1) is 0 Å². The molecular weight excluding hydrogens is 278 g/mol. The average molecular weight is 299 g/mol. The summed E-state index contributed by atoms with van der Waals surface area (Å²) < 4.78 is 16.3. The van der Waals surface area contributed by atoms with Crippen LogP contribution < -0.4 is 4.46 Å². The maximum atomic E-state index is 14.0. The van der Waals surface area contributed by atoms with Crippen molar-refractivity contribution in [3.8, 4) is 0 Å². The van der Waals surface area contributed by atoms with Crippen LogP contribution in [0.25, 0.3) is 0 Å². The Kier molecular flexibility index (Phi) is 7.23. The van der Waals surface area contributed by atoms with E-state index in [1.807, 2.05) is 25.1 Å². The molecule has 0 saturated carbocycles. The van der Waals surface area contributed by atoms with E-state index in [0.29, 0.717) is 6.42 Å². The molecule has 0 radical (unpaired) electrons. The van der Waals surface area contributed by atoms with Crippen LogP contribution in [0.5, 0.6) is 0 Å². The topological polar surface area (TPSA) is 0 Å². The van der Waals surface area contributed by atoms with E-state index in [4.69, 9.17) is 0 Å². The van der Waals surface area contributed by atoms with Gasteiger partial charge >= 0.3 is 110 Å². The molecule has 0 nitrogen and oxygen atoms in total. The molecule has 0 unspecified atom stereocenters. The van der Waals surface area contributed by atoms with Crippen LogP contribution in [0.3, 0.4) is 0 Å². The second-order valence-corrected chi connectivity index (χ2v) is 6.55. The molecule has 1 aromatic rings. The molecule has 2 heteroatoms. The third kappa shape index (κ3) is 5.52. The summed E-state index contributed by atoms with van der Waals surface area (Å²) in [6, 6.07) is 10.3. The van der Waals surface area contributed by atoms with Crippen molar-refractivity contribution in [1.82, 2.24) is 0 Å². The third-order valence-electron chi connectivity index (χ3n) is 2.51. The fraction of sp³-hybridized carbons (Fsp3) is 0.467. The molecule has 94 valence electrons. The second kappa shape index (κ2) is 8.49. The van der Waals surface area contributed by atoms with Crippen molar-refractivity contribution in [3.05, 3.63) is 40.6 Å². The van der Waals surface area contributed by atoms with Crippen molar-refractivity contribution in [3.63, 3.8) is 0 Å². The van der Waals surface area contributed by atoms with Gasteiger partial charge in [-0.3, -0.25) is 0 Å². The summed E-state index contributed by atoms with van der Waals surface area (Å²) in [7, 11) is 0. The molecule has 0 bridgehead atoms. The number of rotatable bonds is 7. The summed E-state index contributed by atoms with van der Waals surface area (Å²) in [5, 5.41) is 0. The zero-order valence-electron chi connectivity index (χ0n) is 10.7. The van der Waals surface area contributed by atoms with Gasteiger partial charge in [0.2, 0.25) is 0 Å². The van der Waals surface area contributed by atoms with Crippen LogP contribution in [0.15, 0.2) is 40.6 Å². The van der Waals surface area contributed by atoms with Gasteiger partial charge in [0.15, 0.2) is 0 Å². The molecule has 1 aromatic carbocycles. The molecule has 0 atom stereocenters. The van der Waals surface area contributed by atoms with Crippen LogP contribution >= 0.6 is 0 Å². The van der Waals surface area contributed by atoms with Gasteiger partial charge in [-0.1, -0.05) is 0 Å². The predicted octanol–water partition coefficient (Wildman–Crippen LogP) is 4.19. The number of allylic oxidation sites excluding steroid dienone is 2. The molecule has 0 aromatic heterocycles. The van der Waals surface area contributed by atoms with E-state index in [0.717, 1.165) is 30.2 Å². The summed E-state index contributed by atoms with van der Waals surface area (Å²) in [6.07, 6.45) is 4.66. The normalized spacial score (nSPS) is 12.4. The molecule has 0 aliphatic heterocycles. The van der Waals surface area contributed by atoms with Crippen LogP contribution in [-0.4, -0.2) is 15.0 Å². The maximum absolute atomic E-state index is 14.0. The van der Waals surface area contributed by atoms with Crippen LogP contribution in [0.4, 0.5) is 4.39 Å². The van der Waals surface area contributed by atoms with E-state index < -0.39 is 0 Å². The van der Waals surface area contributed by atoms with Gasteiger partial charge in [-0.25, -0.2) is 0 Å². The third-order valence-corrected chi connectivity index (χ3v) is 4.99. The number of unbranched alkanes of at least 4 members (excludes halogenated alkanes) is 1. The quantitative estimate of drug-likeness (QED) is 0.662. The minimum absolute atomic E-state index is 0.143. The summed E-state index contributed by atoms with van der Waals surface area (Å²) in [6.45, 7) is 4.19. The zero-order chi connectivity index (χ0) is 12.5. The SMILES string of the molecule is CCCC/C([Se]c1ccccc1)=C(\F)CCC. The van der Waals surface area contributed by atoms with Crippen molar-refractivity contribution in [2.45, 2.75) is 46.0 Å². The second-order valence-electron chi connectivity index (χ2n) is 4.10. The number of hydrogen-bond donors (Lipinski definition) is 0. The minimum atomic E-state index is 0.143. The number of hydrogen-bond acceptors (Lipinski definition) is 0. The van der Waals surface area contributed by atoms with Gasteiger partial charge < -0.3 is 0 Å². The van der Waals surface area contributed by atoms with Gasteiger partial charge in [0.25, 0.3) is 0 Å². The summed E-state index contributed by atoms with van der Waals surface area (Å²) >= 11 is 0.162. The monoisotopic (exact) mass is 300 g/mol. The Balaban J connectivity index is 2.73. The van der Waals surface area contributed by atoms with E-state index in [1.165, 1.54) is 4.46 Å². The predicted molar refractivity (Wildman–Crippen MR) is 74.4 cm³/mol. The molecule has 0 saturated heterocycles. The Morgan fingerprint density at radius 3 is 2.35 bits per heavy atom. The van der Waals surface area contributed by atoms with Gasteiger partial charge in [-0.2, -0.15) is 0 Å². The Morgan fingerprint density at radius 1 is 1.06 bits per heavy atom. The van der Waals surface area contributed by atoms with E-state index >= 15 is 0 Å². The molecule has 0 heterocycles. The molecular formula is C15H21FSe. The Labute approximate surface area is 110 Å². The number of benzene rings is 1. The molecule has 0 amide bonds. The van der Waals surface area contributed by atoms with E-state index in [9.17, 15) is 4.39 Å². The molecule has 0 N–H and O–H groups in total. The Bertz CT molecular complexity index is 343. The first-order chi connectivity index (χ1) is 8.27. The van der Waals surface area contributed by atoms with Gasteiger partial charge in [0, 0.05) is 0 Å². The van der Waals surface area contributed by atoms with Gasteiger partial charge in [-0.05, 0) is 0 Å². The van der Waals surface area contributed by atoms with Crippen molar-refractivity contribution in [1.29, 1.82) is 0 Å². The van der Waals surface area contributed by atoms with Gasteiger partial charge in [0.1, 0.15) is 0 Å². The van der Waals surface area contributed by atoms with Crippen LogP contribution in [0.2, 0.25) is 0 Å².